The minimum Gasteiger partial charge on any atom is -0.389 e. The summed E-state index contributed by atoms with van der Waals surface area (Å²) in [4.78, 5) is 2.85. The van der Waals surface area contributed by atoms with Crippen molar-refractivity contribution in [1.82, 2.24) is 4.90 Å². The van der Waals surface area contributed by atoms with E-state index in [0.29, 0.717) is 10.0 Å². The Morgan fingerprint density at radius 1 is 1.53 bits per heavy atom. The fourth-order valence-corrected chi connectivity index (χ4v) is 2.72. The number of halogens is 1. The fourth-order valence-electron chi connectivity index (χ4n) is 2.21. The zero-order chi connectivity index (χ0) is 13.8. The summed E-state index contributed by atoms with van der Waals surface area (Å²) in [5, 5.41) is 3.99. The average Bonchev–Trinajstić information content (AvgIpc) is 3.18. The monoisotopic (exact) mass is 297 g/mol. The van der Waals surface area contributed by atoms with Gasteiger partial charge in [0, 0.05) is 30.4 Å². The SMILES string of the molecule is CCN(CCNc1ccc(C(N)=S)c(Cl)c1)C1CC1. The van der Waals surface area contributed by atoms with Gasteiger partial charge in [-0.05, 0) is 37.6 Å². The van der Waals surface area contributed by atoms with Gasteiger partial charge in [0.05, 0.1) is 5.02 Å². The van der Waals surface area contributed by atoms with Gasteiger partial charge >= 0.3 is 0 Å². The maximum atomic E-state index is 6.14. The third-order valence-corrected chi connectivity index (χ3v) is 3.96. The van der Waals surface area contributed by atoms with Crippen LogP contribution in [0.15, 0.2) is 18.2 Å². The van der Waals surface area contributed by atoms with Crippen LogP contribution >= 0.6 is 23.8 Å². The predicted octanol–water partition coefficient (Wildman–Crippen LogP) is 2.87. The van der Waals surface area contributed by atoms with Crippen LogP contribution in [0.1, 0.15) is 25.3 Å². The van der Waals surface area contributed by atoms with Crippen molar-refractivity contribution in [3.05, 3.63) is 28.8 Å². The average molecular weight is 298 g/mol. The number of nitrogens with one attached hydrogen (secondary N) is 1. The summed E-state index contributed by atoms with van der Waals surface area (Å²) < 4.78 is 0. The fraction of sp³-hybridized carbons (Fsp3) is 0.500. The molecule has 0 unspecified atom stereocenters. The molecule has 0 heterocycles. The molecule has 3 nitrogen and oxygen atoms in total. The molecule has 1 fully saturated rings. The first-order chi connectivity index (χ1) is 9.11. The second-order valence-corrected chi connectivity index (χ2v) is 5.69. The van der Waals surface area contributed by atoms with E-state index in [1.807, 2.05) is 18.2 Å². The Morgan fingerprint density at radius 2 is 2.26 bits per heavy atom. The zero-order valence-corrected chi connectivity index (χ0v) is 12.7. The molecule has 0 radical (unpaired) electrons. The molecule has 0 aliphatic heterocycles. The number of thiocarbonyl (C=S) groups is 1. The van der Waals surface area contributed by atoms with Gasteiger partial charge in [-0.1, -0.05) is 30.7 Å². The maximum absolute atomic E-state index is 6.14. The Bertz CT molecular complexity index is 460. The molecule has 0 aromatic heterocycles. The Labute approximate surface area is 125 Å². The zero-order valence-electron chi connectivity index (χ0n) is 11.2. The van der Waals surface area contributed by atoms with Crippen LogP contribution in [0.4, 0.5) is 5.69 Å². The highest BCUT2D eigenvalue weighted by Crippen LogP contribution is 2.26. The molecular weight excluding hydrogens is 278 g/mol. The standard InChI is InChI=1S/C14H20ClN3S/c1-2-18(11-4-5-11)8-7-17-10-3-6-12(14(16)19)13(15)9-10/h3,6,9,11,17H,2,4-5,7-8H2,1H3,(H2,16,19). The van der Waals surface area contributed by atoms with Gasteiger partial charge in [-0.25, -0.2) is 0 Å². The number of nitrogens with zero attached hydrogens (tertiary/aromatic N) is 1. The Morgan fingerprint density at radius 3 is 2.79 bits per heavy atom. The van der Waals surface area contributed by atoms with Gasteiger partial charge < -0.3 is 11.1 Å². The number of hydrogen-bond donors (Lipinski definition) is 2. The molecule has 0 saturated heterocycles. The first kappa shape index (κ1) is 14.6. The molecule has 2 rings (SSSR count). The molecule has 1 aromatic carbocycles. The van der Waals surface area contributed by atoms with Crippen LogP contribution in [-0.4, -0.2) is 35.6 Å². The highest BCUT2D eigenvalue weighted by Gasteiger charge is 2.27. The Balaban J connectivity index is 1.85. The molecule has 3 N–H and O–H groups in total. The second kappa shape index (κ2) is 6.55. The topological polar surface area (TPSA) is 41.3 Å². The van der Waals surface area contributed by atoms with E-state index in [0.717, 1.165) is 36.9 Å². The van der Waals surface area contributed by atoms with Gasteiger partial charge in [-0.3, -0.25) is 4.90 Å². The largest absolute Gasteiger partial charge is 0.389 e. The molecule has 1 aliphatic rings. The molecule has 1 saturated carbocycles. The molecule has 0 amide bonds. The lowest BCUT2D eigenvalue weighted by Crippen LogP contribution is -2.30. The molecule has 0 bridgehead atoms. The van der Waals surface area contributed by atoms with Gasteiger partial charge in [0.2, 0.25) is 0 Å². The van der Waals surface area contributed by atoms with Crippen molar-refractivity contribution >= 4 is 34.5 Å². The first-order valence-electron chi connectivity index (χ1n) is 6.69. The van der Waals surface area contributed by atoms with Crippen molar-refractivity contribution < 1.29 is 0 Å². The summed E-state index contributed by atoms with van der Waals surface area (Å²) in [6.07, 6.45) is 2.70. The van der Waals surface area contributed by atoms with E-state index in [2.05, 4.69) is 17.1 Å². The van der Waals surface area contributed by atoms with Crippen LogP contribution in [0.25, 0.3) is 0 Å². The summed E-state index contributed by atoms with van der Waals surface area (Å²) in [5.74, 6) is 0. The predicted molar refractivity (Wildman–Crippen MR) is 86.1 cm³/mol. The van der Waals surface area contributed by atoms with Crippen molar-refractivity contribution in [2.75, 3.05) is 25.0 Å². The van der Waals surface area contributed by atoms with Gasteiger partial charge in [-0.2, -0.15) is 0 Å². The number of anilines is 1. The molecule has 1 aromatic rings. The number of hydrogen-bond acceptors (Lipinski definition) is 3. The molecular formula is C14H20ClN3S. The van der Waals surface area contributed by atoms with Crippen molar-refractivity contribution in [2.24, 2.45) is 5.73 Å². The smallest absolute Gasteiger partial charge is 0.105 e. The molecule has 1 aliphatic carbocycles. The minimum atomic E-state index is 0.336. The normalized spacial score (nSPS) is 14.7. The third kappa shape index (κ3) is 4.06. The van der Waals surface area contributed by atoms with Crippen molar-refractivity contribution in [1.29, 1.82) is 0 Å². The summed E-state index contributed by atoms with van der Waals surface area (Å²) in [6.45, 7) is 5.32. The molecule has 0 spiro atoms. The van der Waals surface area contributed by atoms with Crippen LogP contribution < -0.4 is 11.1 Å². The highest BCUT2D eigenvalue weighted by molar-refractivity contribution is 7.80. The van der Waals surface area contributed by atoms with Crippen molar-refractivity contribution in [2.45, 2.75) is 25.8 Å². The highest BCUT2D eigenvalue weighted by atomic mass is 35.5. The van der Waals surface area contributed by atoms with Gasteiger partial charge in [0.15, 0.2) is 0 Å². The molecule has 5 heteroatoms. The van der Waals surface area contributed by atoms with Gasteiger partial charge in [0.25, 0.3) is 0 Å². The van der Waals surface area contributed by atoms with Crippen LogP contribution in [0.5, 0.6) is 0 Å². The van der Waals surface area contributed by atoms with E-state index in [4.69, 9.17) is 29.6 Å². The summed E-state index contributed by atoms with van der Waals surface area (Å²) >= 11 is 11.1. The van der Waals surface area contributed by atoms with E-state index < -0.39 is 0 Å². The van der Waals surface area contributed by atoms with Crippen LogP contribution in [0.3, 0.4) is 0 Å². The van der Waals surface area contributed by atoms with Gasteiger partial charge in [-0.15, -0.1) is 0 Å². The first-order valence-corrected chi connectivity index (χ1v) is 7.47. The van der Waals surface area contributed by atoms with E-state index in [1.54, 1.807) is 0 Å². The van der Waals surface area contributed by atoms with E-state index >= 15 is 0 Å². The number of likely N-dealkylation sites (N-methyl/N-ethyl adjacent to an activating group) is 1. The lowest BCUT2D eigenvalue weighted by atomic mass is 10.2. The molecule has 104 valence electrons. The van der Waals surface area contributed by atoms with E-state index in [1.165, 1.54) is 12.8 Å². The summed E-state index contributed by atoms with van der Waals surface area (Å²) in [6, 6.07) is 6.52. The molecule has 19 heavy (non-hydrogen) atoms. The summed E-state index contributed by atoms with van der Waals surface area (Å²) in [5.41, 5.74) is 7.33. The minimum absolute atomic E-state index is 0.336. The van der Waals surface area contributed by atoms with E-state index in [9.17, 15) is 0 Å². The number of benzene rings is 1. The molecule has 0 atom stereocenters. The van der Waals surface area contributed by atoms with Gasteiger partial charge in [0.1, 0.15) is 4.99 Å². The maximum Gasteiger partial charge on any atom is 0.105 e. The third-order valence-electron chi connectivity index (χ3n) is 3.43. The Kier molecular flexibility index (Phi) is 5.02. The van der Waals surface area contributed by atoms with Crippen molar-refractivity contribution in [3.8, 4) is 0 Å². The van der Waals surface area contributed by atoms with E-state index in [-0.39, 0.29) is 0 Å². The lowest BCUT2D eigenvalue weighted by molar-refractivity contribution is 0.289. The number of nitrogens with two attached hydrogens (primary N) is 1. The second-order valence-electron chi connectivity index (χ2n) is 4.85. The quantitative estimate of drug-likeness (QED) is 0.760. The van der Waals surface area contributed by atoms with Crippen LogP contribution in [0, 0.1) is 0 Å². The Hall–Kier alpha value is -0.840. The lowest BCUT2D eigenvalue weighted by Gasteiger charge is -2.20. The van der Waals surface area contributed by atoms with Crippen LogP contribution in [-0.2, 0) is 0 Å². The number of rotatable bonds is 7. The van der Waals surface area contributed by atoms with Crippen molar-refractivity contribution in [3.63, 3.8) is 0 Å². The summed E-state index contributed by atoms with van der Waals surface area (Å²) in [7, 11) is 0. The van der Waals surface area contributed by atoms with Crippen LogP contribution in [0.2, 0.25) is 5.02 Å².